The summed E-state index contributed by atoms with van der Waals surface area (Å²) in [5.74, 6) is -1.74. The van der Waals surface area contributed by atoms with E-state index in [4.69, 9.17) is 0 Å². The zero-order valence-corrected chi connectivity index (χ0v) is 20.4. The highest BCUT2D eigenvalue weighted by Crippen LogP contribution is 2.42. The van der Waals surface area contributed by atoms with Crippen LogP contribution in [-0.2, 0) is 15.0 Å². The fourth-order valence-corrected chi connectivity index (χ4v) is 5.08. The highest BCUT2D eigenvalue weighted by molar-refractivity contribution is 5.80. The quantitative estimate of drug-likeness (QED) is 0.443. The predicted molar refractivity (Wildman–Crippen MR) is 133 cm³/mol. The molecule has 1 N–H and O–H groups in total. The van der Waals surface area contributed by atoms with Crippen LogP contribution < -0.4 is 5.32 Å². The van der Waals surface area contributed by atoms with Gasteiger partial charge in [0.2, 0.25) is 11.8 Å². The van der Waals surface area contributed by atoms with Gasteiger partial charge in [0.1, 0.15) is 17.5 Å². The third-order valence-electron chi connectivity index (χ3n) is 7.31. The van der Waals surface area contributed by atoms with Crippen LogP contribution in [0.5, 0.6) is 0 Å². The van der Waals surface area contributed by atoms with Gasteiger partial charge in [-0.25, -0.2) is 13.2 Å². The molecule has 3 aromatic rings. The molecule has 0 aliphatic carbocycles. The van der Waals surface area contributed by atoms with Gasteiger partial charge >= 0.3 is 0 Å². The van der Waals surface area contributed by atoms with E-state index in [1.54, 1.807) is 31.3 Å². The van der Waals surface area contributed by atoms with E-state index in [0.717, 1.165) is 17.2 Å². The lowest BCUT2D eigenvalue weighted by Gasteiger charge is -2.44. The van der Waals surface area contributed by atoms with Crippen molar-refractivity contribution >= 4 is 11.8 Å². The van der Waals surface area contributed by atoms with Gasteiger partial charge in [-0.2, -0.15) is 0 Å². The van der Waals surface area contributed by atoms with Crippen molar-refractivity contribution in [2.24, 2.45) is 0 Å². The summed E-state index contributed by atoms with van der Waals surface area (Å²) in [4.78, 5) is 27.2. The molecule has 2 atom stereocenters. The van der Waals surface area contributed by atoms with Crippen LogP contribution >= 0.6 is 0 Å². The van der Waals surface area contributed by atoms with Gasteiger partial charge in [-0.3, -0.25) is 9.59 Å². The molecule has 1 saturated heterocycles. The monoisotopic (exact) mass is 494 g/mol. The van der Waals surface area contributed by atoms with E-state index < -0.39 is 17.0 Å². The smallest absolute Gasteiger partial charge is 0.223 e. The number of amides is 2. The van der Waals surface area contributed by atoms with E-state index in [1.165, 1.54) is 24.3 Å². The first-order valence-corrected chi connectivity index (χ1v) is 12.0. The third kappa shape index (κ3) is 5.30. The second-order valence-electron chi connectivity index (χ2n) is 9.40. The van der Waals surface area contributed by atoms with Crippen LogP contribution in [-0.4, -0.2) is 30.3 Å². The van der Waals surface area contributed by atoms with Gasteiger partial charge in [-0.1, -0.05) is 36.4 Å². The average molecular weight is 495 g/mol. The Morgan fingerprint density at radius 1 is 1.00 bits per heavy atom. The minimum absolute atomic E-state index is 0.0383. The Balaban J connectivity index is 1.52. The molecule has 1 heterocycles. The Hall–Kier alpha value is -3.61. The zero-order chi connectivity index (χ0) is 25.9. The molecular formula is C29H29F3N2O2. The fourth-order valence-electron chi connectivity index (χ4n) is 5.08. The summed E-state index contributed by atoms with van der Waals surface area (Å²) in [7, 11) is 1.58. The van der Waals surface area contributed by atoms with Crippen LogP contribution in [0.4, 0.5) is 13.2 Å². The number of piperidine rings is 1. The molecule has 0 spiro atoms. The molecule has 1 aliphatic heterocycles. The minimum Gasteiger partial charge on any atom is -0.359 e. The number of rotatable bonds is 7. The molecule has 7 heteroatoms. The zero-order valence-electron chi connectivity index (χ0n) is 20.4. The van der Waals surface area contributed by atoms with Crippen LogP contribution in [0.15, 0.2) is 66.7 Å². The Bertz CT molecular complexity index is 1240. The Morgan fingerprint density at radius 2 is 1.67 bits per heavy atom. The summed E-state index contributed by atoms with van der Waals surface area (Å²) in [5.41, 5.74) is 2.15. The molecule has 4 nitrogen and oxygen atoms in total. The van der Waals surface area contributed by atoms with Gasteiger partial charge in [0.25, 0.3) is 0 Å². The van der Waals surface area contributed by atoms with Crippen molar-refractivity contribution in [3.8, 4) is 11.1 Å². The molecule has 1 aliphatic rings. The number of carbonyl (C=O) groups excluding carboxylic acids is 2. The molecule has 36 heavy (non-hydrogen) atoms. The standard InChI is InChI=1S/C29H29F3N2O2/c1-19(20-3-5-21(6-4-20)25-12-11-24(31)17-26(25)32)34-16-15-29(18-28(34)36,14-13-27(35)33-2)22-7-9-23(30)10-8-22/h3-12,17,19H,13-16,18H2,1-2H3,(H,33,35)/t19-,29+/m0/s1. The SMILES string of the molecule is CNC(=O)CC[C@@]1(c2ccc(F)cc2)CCN([C@@H](C)c2ccc(-c3ccc(F)cc3F)cc2)C(=O)C1. The Labute approximate surface area is 209 Å². The summed E-state index contributed by atoms with van der Waals surface area (Å²) in [6.45, 7) is 2.43. The van der Waals surface area contributed by atoms with E-state index in [0.29, 0.717) is 30.5 Å². The van der Waals surface area contributed by atoms with Gasteiger partial charge in [0, 0.05) is 43.5 Å². The second kappa shape index (κ2) is 10.6. The van der Waals surface area contributed by atoms with E-state index in [-0.39, 0.29) is 36.5 Å². The number of nitrogens with one attached hydrogen (secondary N) is 1. The van der Waals surface area contributed by atoms with Gasteiger partial charge in [0.15, 0.2) is 0 Å². The molecule has 188 valence electrons. The lowest BCUT2D eigenvalue weighted by atomic mass is 9.69. The van der Waals surface area contributed by atoms with E-state index >= 15 is 0 Å². The maximum Gasteiger partial charge on any atom is 0.223 e. The van der Waals surface area contributed by atoms with Crippen molar-refractivity contribution in [1.82, 2.24) is 10.2 Å². The van der Waals surface area contributed by atoms with Crippen molar-refractivity contribution in [3.05, 3.63) is 95.3 Å². The molecular weight excluding hydrogens is 465 g/mol. The Kier molecular flexibility index (Phi) is 7.48. The van der Waals surface area contributed by atoms with Crippen molar-refractivity contribution < 1.29 is 22.8 Å². The summed E-state index contributed by atoms with van der Waals surface area (Å²) in [6.07, 6.45) is 1.63. The molecule has 1 fully saturated rings. The number of hydrogen-bond acceptors (Lipinski definition) is 2. The molecule has 0 bridgehead atoms. The number of halogens is 3. The number of carbonyl (C=O) groups is 2. The first-order valence-electron chi connectivity index (χ1n) is 12.0. The van der Waals surface area contributed by atoms with Gasteiger partial charge in [-0.15, -0.1) is 0 Å². The molecule has 2 amide bonds. The van der Waals surface area contributed by atoms with Gasteiger partial charge < -0.3 is 10.2 Å². The van der Waals surface area contributed by atoms with Crippen LogP contribution in [0, 0.1) is 17.5 Å². The van der Waals surface area contributed by atoms with Crippen LogP contribution in [0.1, 0.15) is 49.8 Å². The molecule has 0 saturated carbocycles. The van der Waals surface area contributed by atoms with Gasteiger partial charge in [-0.05, 0) is 60.7 Å². The van der Waals surface area contributed by atoms with Crippen LogP contribution in [0.2, 0.25) is 0 Å². The summed E-state index contributed by atoms with van der Waals surface area (Å²) >= 11 is 0. The number of nitrogens with zero attached hydrogens (tertiary/aromatic N) is 1. The average Bonchev–Trinajstić information content (AvgIpc) is 2.87. The maximum atomic E-state index is 14.2. The van der Waals surface area contributed by atoms with E-state index in [9.17, 15) is 22.8 Å². The van der Waals surface area contributed by atoms with E-state index in [1.807, 2.05) is 24.0 Å². The van der Waals surface area contributed by atoms with Crippen LogP contribution in [0.3, 0.4) is 0 Å². The van der Waals surface area contributed by atoms with Crippen molar-refractivity contribution in [1.29, 1.82) is 0 Å². The first kappa shape index (κ1) is 25.5. The predicted octanol–water partition coefficient (Wildman–Crippen LogP) is 5.92. The number of likely N-dealkylation sites (tertiary alicyclic amines) is 1. The lowest BCUT2D eigenvalue weighted by molar-refractivity contribution is -0.139. The van der Waals surface area contributed by atoms with Crippen LogP contribution in [0.25, 0.3) is 11.1 Å². The topological polar surface area (TPSA) is 49.4 Å². The number of hydrogen-bond donors (Lipinski definition) is 1. The van der Waals surface area contributed by atoms with E-state index in [2.05, 4.69) is 5.32 Å². The maximum absolute atomic E-state index is 14.2. The summed E-state index contributed by atoms with van der Waals surface area (Å²) in [6, 6.07) is 16.7. The summed E-state index contributed by atoms with van der Waals surface area (Å²) in [5, 5.41) is 2.63. The molecule has 3 aromatic carbocycles. The molecule has 0 unspecified atom stereocenters. The van der Waals surface area contributed by atoms with Gasteiger partial charge in [0.05, 0.1) is 6.04 Å². The highest BCUT2D eigenvalue weighted by atomic mass is 19.1. The fraction of sp³-hybridized carbons (Fsp3) is 0.310. The first-order chi connectivity index (χ1) is 17.2. The molecule has 0 radical (unpaired) electrons. The molecule has 0 aromatic heterocycles. The Morgan fingerprint density at radius 3 is 2.28 bits per heavy atom. The third-order valence-corrected chi connectivity index (χ3v) is 7.31. The van der Waals surface area contributed by atoms with Crippen molar-refractivity contribution in [2.45, 2.75) is 44.1 Å². The number of benzene rings is 3. The van der Waals surface area contributed by atoms with Crippen molar-refractivity contribution in [3.63, 3.8) is 0 Å². The second-order valence-corrected chi connectivity index (χ2v) is 9.40. The molecule has 4 rings (SSSR count). The lowest BCUT2D eigenvalue weighted by Crippen LogP contribution is -2.47. The highest BCUT2D eigenvalue weighted by Gasteiger charge is 2.41. The normalized spacial score (nSPS) is 18.7. The summed E-state index contributed by atoms with van der Waals surface area (Å²) < 4.78 is 41.0. The largest absolute Gasteiger partial charge is 0.359 e. The minimum atomic E-state index is -0.629. The van der Waals surface area contributed by atoms with Crippen molar-refractivity contribution in [2.75, 3.05) is 13.6 Å².